The Morgan fingerprint density at radius 1 is 1.33 bits per heavy atom. The van der Waals surface area contributed by atoms with Crippen LogP contribution in [0, 0.1) is 0 Å². The molecule has 0 saturated carbocycles. The number of aliphatic hydroxyl groups excluding tert-OH is 4. The predicted octanol–water partition coefficient (Wildman–Crippen LogP) is -3.08. The first-order valence-corrected chi connectivity index (χ1v) is 4.55. The molecule has 1 fully saturated rings. The van der Waals surface area contributed by atoms with Crippen molar-refractivity contribution >= 4 is 5.91 Å². The maximum absolute atomic E-state index is 10.7. The normalized spacial score (nSPS) is 41.3. The van der Waals surface area contributed by atoms with Crippen LogP contribution < -0.4 is 5.32 Å². The number of carbonyl (C=O) groups is 1. The largest absolute Gasteiger partial charge is 0.394 e. The van der Waals surface area contributed by atoms with Gasteiger partial charge in [-0.1, -0.05) is 0 Å². The van der Waals surface area contributed by atoms with Gasteiger partial charge in [0.25, 0.3) is 0 Å². The van der Waals surface area contributed by atoms with E-state index in [0.29, 0.717) is 0 Å². The lowest BCUT2D eigenvalue weighted by Gasteiger charge is -2.40. The second-order valence-electron chi connectivity index (χ2n) is 3.46. The highest BCUT2D eigenvalue weighted by Crippen LogP contribution is 2.19. The van der Waals surface area contributed by atoms with Crippen LogP contribution in [0.5, 0.6) is 0 Å². The molecule has 0 aliphatic carbocycles. The van der Waals surface area contributed by atoms with Gasteiger partial charge in [0.05, 0.1) is 6.61 Å². The first kappa shape index (κ1) is 12.3. The van der Waals surface area contributed by atoms with Crippen LogP contribution in [0.2, 0.25) is 0 Å². The summed E-state index contributed by atoms with van der Waals surface area (Å²) in [6.45, 7) is 0.687. The van der Waals surface area contributed by atoms with Crippen molar-refractivity contribution in [3.63, 3.8) is 0 Å². The zero-order chi connectivity index (χ0) is 11.6. The molecule has 1 aliphatic rings. The summed E-state index contributed by atoms with van der Waals surface area (Å²) in [4.78, 5) is 10.7. The molecule has 0 aromatic rings. The number of carbonyl (C=O) groups excluding carboxylic acids is 1. The van der Waals surface area contributed by atoms with Crippen molar-refractivity contribution in [2.24, 2.45) is 0 Å². The van der Waals surface area contributed by atoms with Crippen LogP contribution in [0.1, 0.15) is 6.92 Å². The second kappa shape index (κ2) is 4.86. The van der Waals surface area contributed by atoms with E-state index in [4.69, 9.17) is 9.84 Å². The molecule has 88 valence electrons. The van der Waals surface area contributed by atoms with E-state index in [1.807, 2.05) is 0 Å². The first-order valence-electron chi connectivity index (χ1n) is 4.55. The van der Waals surface area contributed by atoms with Crippen LogP contribution in [0.4, 0.5) is 0 Å². The van der Waals surface area contributed by atoms with Crippen LogP contribution in [0.3, 0.4) is 0 Å². The number of aliphatic hydroxyl groups is 4. The van der Waals surface area contributed by atoms with Gasteiger partial charge in [-0.3, -0.25) is 4.79 Å². The standard InChI is InChI=1S/C8H15NO6/c1-3(11)9-5-7(13)6(12)4(2-10)15-8(5)14/h4-8,10,12-14H,2H2,1H3,(H,9,11)/t4-,5+,6-,7-,8?/m1/s1/i9+1. The van der Waals surface area contributed by atoms with E-state index in [0.717, 1.165) is 0 Å². The lowest BCUT2D eigenvalue weighted by molar-refractivity contribution is -0.253. The highest BCUT2D eigenvalue weighted by Gasteiger charge is 2.43. The molecule has 1 amide bonds. The van der Waals surface area contributed by atoms with E-state index in [1.54, 1.807) is 0 Å². The van der Waals surface area contributed by atoms with Gasteiger partial charge >= 0.3 is 0 Å². The number of hydrogen-bond donors (Lipinski definition) is 5. The van der Waals surface area contributed by atoms with Gasteiger partial charge < -0.3 is 30.5 Å². The molecule has 1 aliphatic heterocycles. The Kier molecular flexibility index (Phi) is 4.00. The summed E-state index contributed by atoms with van der Waals surface area (Å²) in [7, 11) is 0. The van der Waals surface area contributed by atoms with Crippen LogP contribution in [-0.2, 0) is 9.53 Å². The van der Waals surface area contributed by atoms with Crippen LogP contribution >= 0.6 is 0 Å². The molecular weight excluding hydrogens is 207 g/mol. The molecule has 0 radical (unpaired) electrons. The van der Waals surface area contributed by atoms with Gasteiger partial charge in [0.15, 0.2) is 6.29 Å². The quantitative estimate of drug-likeness (QED) is 0.316. The Balaban J connectivity index is 2.70. The van der Waals surface area contributed by atoms with Gasteiger partial charge in [-0.2, -0.15) is 0 Å². The summed E-state index contributed by atoms with van der Waals surface area (Å²) in [5, 5.41) is 39.4. The van der Waals surface area contributed by atoms with E-state index >= 15 is 0 Å². The first-order chi connectivity index (χ1) is 6.97. The topological polar surface area (TPSA) is 119 Å². The average Bonchev–Trinajstić information content (AvgIpc) is 2.18. The predicted molar refractivity (Wildman–Crippen MR) is 47.6 cm³/mol. The molecule has 1 unspecified atom stereocenters. The molecule has 0 spiro atoms. The second-order valence-corrected chi connectivity index (χ2v) is 3.46. The minimum Gasteiger partial charge on any atom is -0.394 e. The van der Waals surface area contributed by atoms with Gasteiger partial charge in [-0.05, 0) is 0 Å². The number of hydrogen-bond acceptors (Lipinski definition) is 6. The summed E-state index contributed by atoms with van der Waals surface area (Å²) >= 11 is 0. The third kappa shape index (κ3) is 2.64. The zero-order valence-corrected chi connectivity index (χ0v) is 8.20. The fourth-order valence-corrected chi connectivity index (χ4v) is 1.49. The van der Waals surface area contributed by atoms with Crippen molar-refractivity contribution in [2.45, 2.75) is 37.6 Å². The number of nitrogens with one attached hydrogen (secondary N) is 1. The molecule has 0 aromatic heterocycles. The Hall–Kier alpha value is -0.730. The van der Waals surface area contributed by atoms with E-state index < -0.39 is 43.2 Å². The number of amides is 1. The van der Waals surface area contributed by atoms with Crippen LogP contribution in [-0.4, -0.2) is 63.6 Å². The van der Waals surface area contributed by atoms with E-state index in [1.165, 1.54) is 6.92 Å². The fourth-order valence-electron chi connectivity index (χ4n) is 1.49. The van der Waals surface area contributed by atoms with E-state index in [9.17, 15) is 20.1 Å². The Bertz CT molecular complexity index is 235. The third-order valence-electron chi connectivity index (χ3n) is 2.27. The maximum Gasteiger partial charge on any atom is 0.217 e. The fraction of sp³-hybridized carbons (Fsp3) is 0.875. The van der Waals surface area contributed by atoms with Gasteiger partial charge in [0.1, 0.15) is 24.4 Å². The molecule has 7 heteroatoms. The molecule has 1 rings (SSSR count). The minimum absolute atomic E-state index is 0.462. The minimum atomic E-state index is -1.45. The maximum atomic E-state index is 10.7. The summed E-state index contributed by atoms with van der Waals surface area (Å²) in [5.74, 6) is -0.462. The summed E-state index contributed by atoms with van der Waals surface area (Å²) in [5.41, 5.74) is 0. The van der Waals surface area contributed by atoms with Crippen molar-refractivity contribution in [3.8, 4) is 0 Å². The molecule has 1 saturated heterocycles. The lowest BCUT2D eigenvalue weighted by atomic mass is 9.98. The summed E-state index contributed by atoms with van der Waals surface area (Å²) < 4.78 is 4.81. The zero-order valence-electron chi connectivity index (χ0n) is 8.20. The van der Waals surface area contributed by atoms with Crippen molar-refractivity contribution in [2.75, 3.05) is 6.61 Å². The molecule has 5 N–H and O–H groups in total. The van der Waals surface area contributed by atoms with Crippen LogP contribution in [0.25, 0.3) is 0 Å². The molecule has 0 aromatic carbocycles. The average molecular weight is 222 g/mol. The van der Waals surface area contributed by atoms with Crippen LogP contribution in [0.15, 0.2) is 0 Å². The van der Waals surface area contributed by atoms with Gasteiger partial charge in [-0.15, -0.1) is 0 Å². The van der Waals surface area contributed by atoms with Gasteiger partial charge in [0.2, 0.25) is 5.91 Å². The molecule has 15 heavy (non-hydrogen) atoms. The molecule has 7 nitrogen and oxygen atoms in total. The van der Waals surface area contributed by atoms with Crippen molar-refractivity contribution in [1.29, 1.82) is 0 Å². The van der Waals surface area contributed by atoms with E-state index in [-0.39, 0.29) is 0 Å². The molecular formula is C8H15NO6. The number of ether oxygens (including phenoxy) is 1. The van der Waals surface area contributed by atoms with Crippen molar-refractivity contribution in [3.05, 3.63) is 0 Å². The smallest absolute Gasteiger partial charge is 0.217 e. The molecule has 5 atom stereocenters. The number of rotatable bonds is 2. The van der Waals surface area contributed by atoms with Crippen molar-refractivity contribution in [1.82, 2.24) is 5.32 Å². The highest BCUT2D eigenvalue weighted by molar-refractivity contribution is 5.73. The monoisotopic (exact) mass is 222 g/mol. The summed E-state index contributed by atoms with van der Waals surface area (Å²) in [6, 6.07) is -1.10. The van der Waals surface area contributed by atoms with Crippen molar-refractivity contribution < 1.29 is 30.0 Å². The Morgan fingerprint density at radius 2 is 1.93 bits per heavy atom. The van der Waals surface area contributed by atoms with E-state index in [2.05, 4.69) is 5.32 Å². The highest BCUT2D eigenvalue weighted by atomic mass is 16.6. The lowest BCUT2D eigenvalue weighted by Crippen LogP contribution is -2.63. The Morgan fingerprint density at radius 3 is 2.40 bits per heavy atom. The molecule has 1 heterocycles. The molecule has 0 bridgehead atoms. The van der Waals surface area contributed by atoms with Gasteiger partial charge in [0, 0.05) is 6.92 Å². The SMILES string of the molecule is CC(=O)[15NH][C@@H]1C(O)O[C@H](CO)[C@@H](O)[C@@H]1O. The Labute approximate surface area is 86.3 Å². The summed E-state index contributed by atoms with van der Waals surface area (Å²) in [6.07, 6.45) is -5.24. The third-order valence-corrected chi connectivity index (χ3v) is 2.27. The van der Waals surface area contributed by atoms with Gasteiger partial charge in [-0.25, -0.2) is 0 Å².